The van der Waals surface area contributed by atoms with Crippen LogP contribution in [0.15, 0.2) is 46.8 Å². The lowest BCUT2D eigenvalue weighted by Crippen LogP contribution is -2.19. The average Bonchev–Trinajstić information content (AvgIpc) is 2.90. The Kier molecular flexibility index (Phi) is 2.87. The highest BCUT2D eigenvalue weighted by atomic mass is 16.2. The summed E-state index contributed by atoms with van der Waals surface area (Å²) >= 11 is 0. The number of carbonyl (C=O) groups excluding carboxylic acids is 3. The molecule has 6 heteroatoms. The molecule has 1 N–H and O–H groups in total. The topological polar surface area (TPSA) is 88.0 Å². The van der Waals surface area contributed by atoms with E-state index in [1.165, 1.54) is 12.3 Å². The molecule has 3 rings (SSSR count). The molecule has 0 unspecified atom stereocenters. The molecule has 0 saturated heterocycles. The lowest BCUT2D eigenvalue weighted by atomic mass is 10.1. The third-order valence-electron chi connectivity index (χ3n) is 2.08. The lowest BCUT2D eigenvalue weighted by molar-refractivity contribution is -0.113. The second-order valence-electron chi connectivity index (χ2n) is 3.20. The number of carbonyl (C=O) groups is 3. The molecule has 84 valence electrons. The van der Waals surface area contributed by atoms with Gasteiger partial charge in [0, 0.05) is 6.08 Å². The molecule has 0 radical (unpaired) electrons. The number of azo groups is 1. The molecule has 17 heavy (non-hydrogen) atoms. The largest absolute Gasteiger partial charge is 0.289 e. The van der Waals surface area contributed by atoms with E-state index in [2.05, 4.69) is 15.5 Å². The first-order valence-corrected chi connectivity index (χ1v) is 4.74. The van der Waals surface area contributed by atoms with Crippen molar-refractivity contribution < 1.29 is 14.4 Å². The SMILES string of the molecule is O=C1C=CN=N1.O=C1NC(=O)c2ccccc21. The van der Waals surface area contributed by atoms with Gasteiger partial charge in [0.15, 0.2) is 0 Å². The Balaban J connectivity index is 0.000000153. The van der Waals surface area contributed by atoms with Crippen LogP contribution in [0.1, 0.15) is 20.7 Å². The van der Waals surface area contributed by atoms with Crippen molar-refractivity contribution in [2.75, 3.05) is 0 Å². The van der Waals surface area contributed by atoms with Crippen LogP contribution in [0.2, 0.25) is 0 Å². The van der Waals surface area contributed by atoms with E-state index >= 15 is 0 Å². The first-order valence-electron chi connectivity index (χ1n) is 4.74. The molecule has 0 aromatic heterocycles. The van der Waals surface area contributed by atoms with Crippen LogP contribution in [0.25, 0.3) is 0 Å². The van der Waals surface area contributed by atoms with Gasteiger partial charge in [-0.2, -0.15) is 5.11 Å². The highest BCUT2D eigenvalue weighted by Gasteiger charge is 2.25. The number of fused-ring (bicyclic) bond motifs is 1. The Morgan fingerprint density at radius 3 is 1.88 bits per heavy atom. The van der Waals surface area contributed by atoms with E-state index in [1.54, 1.807) is 24.3 Å². The summed E-state index contributed by atoms with van der Waals surface area (Å²) in [6.45, 7) is 0. The molecule has 3 amide bonds. The van der Waals surface area contributed by atoms with E-state index in [0.29, 0.717) is 11.1 Å². The van der Waals surface area contributed by atoms with E-state index in [1.807, 2.05) is 0 Å². The standard InChI is InChI=1S/C8H5NO2.C3H2N2O/c10-7-5-3-1-2-4-6(5)8(11)9-7;6-3-1-2-4-5-3/h1-4H,(H,9,10,11);1-2H. The van der Waals surface area contributed by atoms with Gasteiger partial charge in [0.25, 0.3) is 17.7 Å². The number of imide groups is 1. The summed E-state index contributed by atoms with van der Waals surface area (Å²) in [5.74, 6) is -0.869. The summed E-state index contributed by atoms with van der Waals surface area (Å²) < 4.78 is 0. The van der Waals surface area contributed by atoms with Gasteiger partial charge in [0.1, 0.15) is 0 Å². The van der Waals surface area contributed by atoms with Gasteiger partial charge in [-0.05, 0) is 12.1 Å². The van der Waals surface area contributed by atoms with Crippen LogP contribution < -0.4 is 5.32 Å². The predicted octanol–water partition coefficient (Wildman–Crippen LogP) is 1.06. The zero-order valence-electron chi connectivity index (χ0n) is 8.58. The third-order valence-corrected chi connectivity index (χ3v) is 2.08. The van der Waals surface area contributed by atoms with E-state index in [0.717, 1.165) is 0 Å². The number of nitrogens with one attached hydrogen (secondary N) is 1. The smallest absolute Gasteiger partial charge is 0.288 e. The second kappa shape index (κ2) is 4.48. The fraction of sp³-hybridized carbons (Fsp3) is 0. The van der Waals surface area contributed by atoms with Crippen LogP contribution in [-0.4, -0.2) is 17.7 Å². The number of nitrogens with zero attached hydrogens (tertiary/aromatic N) is 2. The number of amides is 3. The van der Waals surface area contributed by atoms with Crippen LogP contribution >= 0.6 is 0 Å². The summed E-state index contributed by atoms with van der Waals surface area (Å²) in [7, 11) is 0. The molecular weight excluding hydrogens is 222 g/mol. The van der Waals surface area contributed by atoms with Crippen LogP contribution in [0.3, 0.4) is 0 Å². The number of rotatable bonds is 0. The molecule has 1 aromatic rings. The van der Waals surface area contributed by atoms with E-state index in [-0.39, 0.29) is 17.7 Å². The highest BCUT2D eigenvalue weighted by molar-refractivity contribution is 6.21. The summed E-state index contributed by atoms with van der Waals surface area (Å²) in [6, 6.07) is 6.74. The van der Waals surface area contributed by atoms with Crippen molar-refractivity contribution in [2.24, 2.45) is 10.2 Å². The summed E-state index contributed by atoms with van der Waals surface area (Å²) in [5.41, 5.74) is 0.940. The van der Waals surface area contributed by atoms with Gasteiger partial charge in [0.05, 0.1) is 17.3 Å². The fourth-order valence-electron chi connectivity index (χ4n) is 1.34. The van der Waals surface area contributed by atoms with E-state index in [9.17, 15) is 14.4 Å². The Bertz CT molecular complexity index is 514. The van der Waals surface area contributed by atoms with Crippen molar-refractivity contribution in [1.82, 2.24) is 5.32 Å². The lowest BCUT2D eigenvalue weighted by Gasteiger charge is -1.88. The van der Waals surface area contributed by atoms with Crippen LogP contribution in [-0.2, 0) is 4.79 Å². The molecular formula is C11H7N3O3. The van der Waals surface area contributed by atoms with Crippen molar-refractivity contribution in [1.29, 1.82) is 0 Å². The minimum atomic E-state index is -0.300. The molecule has 2 heterocycles. The van der Waals surface area contributed by atoms with Gasteiger partial charge in [0.2, 0.25) is 0 Å². The van der Waals surface area contributed by atoms with Gasteiger partial charge >= 0.3 is 0 Å². The number of hydrogen-bond acceptors (Lipinski definition) is 4. The Morgan fingerprint density at radius 2 is 1.53 bits per heavy atom. The molecule has 0 atom stereocenters. The molecule has 0 fully saturated rings. The minimum absolute atomic E-state index is 0.269. The number of benzene rings is 1. The average molecular weight is 229 g/mol. The van der Waals surface area contributed by atoms with E-state index in [4.69, 9.17) is 0 Å². The zero-order valence-corrected chi connectivity index (χ0v) is 8.58. The maximum atomic E-state index is 10.9. The molecule has 6 nitrogen and oxygen atoms in total. The summed E-state index contributed by atoms with van der Waals surface area (Å²) in [6.07, 6.45) is 2.67. The Labute approximate surface area is 96.0 Å². The van der Waals surface area contributed by atoms with Crippen LogP contribution in [0.4, 0.5) is 0 Å². The van der Waals surface area contributed by atoms with Crippen LogP contribution in [0.5, 0.6) is 0 Å². The van der Waals surface area contributed by atoms with Crippen molar-refractivity contribution in [2.45, 2.75) is 0 Å². The third kappa shape index (κ3) is 2.31. The molecule has 0 bridgehead atoms. The second-order valence-corrected chi connectivity index (χ2v) is 3.20. The molecule has 1 aromatic carbocycles. The maximum Gasteiger partial charge on any atom is 0.289 e. The molecule has 2 aliphatic heterocycles. The monoisotopic (exact) mass is 229 g/mol. The van der Waals surface area contributed by atoms with Crippen LogP contribution in [0, 0.1) is 0 Å². The molecule has 0 spiro atoms. The minimum Gasteiger partial charge on any atom is -0.288 e. The number of hydrogen-bond donors (Lipinski definition) is 1. The van der Waals surface area contributed by atoms with Crippen molar-refractivity contribution in [3.05, 3.63) is 47.7 Å². The van der Waals surface area contributed by atoms with Gasteiger partial charge in [-0.15, -0.1) is 5.11 Å². The normalized spacial score (nSPS) is 15.4. The predicted molar refractivity (Wildman–Crippen MR) is 57.2 cm³/mol. The highest BCUT2D eigenvalue weighted by Crippen LogP contribution is 2.13. The van der Waals surface area contributed by atoms with Gasteiger partial charge in [-0.3, -0.25) is 19.7 Å². The molecule has 0 aliphatic carbocycles. The Morgan fingerprint density at radius 1 is 0.941 bits per heavy atom. The van der Waals surface area contributed by atoms with Crippen molar-refractivity contribution in [3.63, 3.8) is 0 Å². The van der Waals surface area contributed by atoms with Gasteiger partial charge in [-0.1, -0.05) is 12.1 Å². The fourth-order valence-corrected chi connectivity index (χ4v) is 1.34. The van der Waals surface area contributed by atoms with Crippen molar-refractivity contribution in [3.8, 4) is 0 Å². The van der Waals surface area contributed by atoms with Gasteiger partial charge in [-0.25, -0.2) is 0 Å². The molecule has 0 saturated carbocycles. The molecule has 2 aliphatic rings. The Hall–Kier alpha value is -2.63. The summed E-state index contributed by atoms with van der Waals surface area (Å²) in [5, 5.41) is 8.57. The quantitative estimate of drug-likeness (QED) is 0.674. The first kappa shape index (κ1) is 10.9. The maximum absolute atomic E-state index is 10.9. The van der Waals surface area contributed by atoms with E-state index < -0.39 is 0 Å². The summed E-state index contributed by atoms with van der Waals surface area (Å²) in [4.78, 5) is 31.8. The first-order chi connectivity index (χ1) is 8.18. The van der Waals surface area contributed by atoms with Crippen molar-refractivity contribution >= 4 is 17.7 Å². The van der Waals surface area contributed by atoms with Gasteiger partial charge < -0.3 is 0 Å². The zero-order chi connectivity index (χ0) is 12.3.